The summed E-state index contributed by atoms with van der Waals surface area (Å²) >= 11 is 0. The molecule has 0 spiro atoms. The van der Waals surface area contributed by atoms with Crippen LogP contribution in [0, 0.1) is 0 Å². The molecule has 2 N–H and O–H groups in total. The first-order chi connectivity index (χ1) is 11.6. The van der Waals surface area contributed by atoms with Gasteiger partial charge in [-0.1, -0.05) is 42.5 Å². The molecule has 0 atom stereocenters. The molecular formula is C21H31N3. The second kappa shape index (κ2) is 9.45. The maximum Gasteiger partial charge on any atom is 0.0487 e. The van der Waals surface area contributed by atoms with Crippen LogP contribution in [0.25, 0.3) is 0 Å². The molecule has 3 rings (SSSR count). The Labute approximate surface area is 147 Å². The van der Waals surface area contributed by atoms with E-state index in [9.17, 15) is 0 Å². The van der Waals surface area contributed by atoms with Crippen molar-refractivity contribution in [2.75, 3.05) is 12.0 Å². The van der Waals surface area contributed by atoms with Gasteiger partial charge in [0.1, 0.15) is 0 Å². The van der Waals surface area contributed by atoms with Crippen molar-refractivity contribution in [1.82, 2.24) is 10.3 Å². The van der Waals surface area contributed by atoms with E-state index in [1.165, 1.54) is 18.5 Å². The van der Waals surface area contributed by atoms with Gasteiger partial charge in [-0.05, 0) is 57.4 Å². The van der Waals surface area contributed by atoms with E-state index in [-0.39, 0.29) is 0 Å². The molecule has 0 radical (unpaired) electrons. The topological polar surface area (TPSA) is 27.3 Å². The molecule has 3 nitrogen and oxygen atoms in total. The van der Waals surface area contributed by atoms with Gasteiger partial charge in [0.25, 0.3) is 0 Å². The van der Waals surface area contributed by atoms with E-state index < -0.39 is 0 Å². The Morgan fingerprint density at radius 2 is 1.46 bits per heavy atom. The van der Waals surface area contributed by atoms with Crippen molar-refractivity contribution in [2.45, 2.75) is 52.7 Å². The van der Waals surface area contributed by atoms with Crippen LogP contribution in [-0.4, -0.2) is 23.5 Å². The average Bonchev–Trinajstić information content (AvgIpc) is 2.61. The minimum atomic E-state index is 0.454. The van der Waals surface area contributed by atoms with Crippen LogP contribution >= 0.6 is 0 Å². The molecule has 130 valence electrons. The number of anilines is 1. The largest absolute Gasteiger partial charge is 0.321 e. The highest BCUT2D eigenvalue weighted by molar-refractivity contribution is 5.41. The maximum absolute atomic E-state index is 3.11. The summed E-state index contributed by atoms with van der Waals surface area (Å²) in [5, 5.41) is 0. The standard InChI is InChI=1S/C12H17N.C9H14N2/c1-10(2)13-8-7-11-5-3-4-6-12(11)9-13;1-8(2)10-11-9-6-4-3-5-7-9/h3-6,10H,7-9H2,1-2H3;3-8,10-11H,1-2H3. The van der Waals surface area contributed by atoms with Gasteiger partial charge in [-0.25, -0.2) is 5.43 Å². The van der Waals surface area contributed by atoms with Crippen LogP contribution in [0.5, 0.6) is 0 Å². The summed E-state index contributed by atoms with van der Waals surface area (Å²) in [7, 11) is 0. The fourth-order valence-electron chi connectivity index (χ4n) is 2.71. The van der Waals surface area contributed by atoms with Crippen molar-refractivity contribution < 1.29 is 0 Å². The Hall–Kier alpha value is -1.84. The van der Waals surface area contributed by atoms with Gasteiger partial charge in [-0.3, -0.25) is 4.90 Å². The van der Waals surface area contributed by atoms with E-state index >= 15 is 0 Å². The molecule has 2 aromatic carbocycles. The summed E-state index contributed by atoms with van der Waals surface area (Å²) in [6.45, 7) is 11.1. The zero-order valence-electron chi connectivity index (χ0n) is 15.4. The van der Waals surface area contributed by atoms with Gasteiger partial charge in [-0.2, -0.15) is 0 Å². The number of benzene rings is 2. The lowest BCUT2D eigenvalue weighted by molar-refractivity contribution is 0.203. The number of hydrogen-bond donors (Lipinski definition) is 2. The van der Waals surface area contributed by atoms with E-state index in [0.29, 0.717) is 12.1 Å². The molecule has 2 aromatic rings. The molecule has 0 aromatic heterocycles. The van der Waals surface area contributed by atoms with Gasteiger partial charge >= 0.3 is 0 Å². The first-order valence-corrected chi connectivity index (χ1v) is 8.93. The third-order valence-corrected chi connectivity index (χ3v) is 4.17. The van der Waals surface area contributed by atoms with Crippen molar-refractivity contribution in [2.24, 2.45) is 0 Å². The minimum absolute atomic E-state index is 0.454. The molecule has 0 fully saturated rings. The Balaban J connectivity index is 0.000000177. The van der Waals surface area contributed by atoms with Crippen LogP contribution in [0.3, 0.4) is 0 Å². The third kappa shape index (κ3) is 5.99. The van der Waals surface area contributed by atoms with Gasteiger partial charge in [-0.15, -0.1) is 0 Å². The highest BCUT2D eigenvalue weighted by Gasteiger charge is 2.16. The first-order valence-electron chi connectivity index (χ1n) is 8.93. The highest BCUT2D eigenvalue weighted by Crippen LogP contribution is 2.19. The molecule has 3 heteroatoms. The van der Waals surface area contributed by atoms with Crippen LogP contribution in [0.4, 0.5) is 5.69 Å². The predicted octanol–water partition coefficient (Wildman–Crippen LogP) is 4.46. The maximum atomic E-state index is 3.11. The van der Waals surface area contributed by atoms with E-state index in [4.69, 9.17) is 0 Å². The van der Waals surface area contributed by atoms with Crippen molar-refractivity contribution in [3.05, 3.63) is 65.7 Å². The van der Waals surface area contributed by atoms with Crippen molar-refractivity contribution >= 4 is 5.69 Å². The SMILES string of the molecule is CC(C)N1CCc2ccccc2C1.CC(C)NNc1ccccc1. The Morgan fingerprint density at radius 3 is 2.08 bits per heavy atom. The number of nitrogens with one attached hydrogen (secondary N) is 2. The van der Waals surface area contributed by atoms with E-state index in [0.717, 1.165) is 12.2 Å². The van der Waals surface area contributed by atoms with Crippen LogP contribution in [0.2, 0.25) is 0 Å². The number of hydrogen-bond acceptors (Lipinski definition) is 3. The van der Waals surface area contributed by atoms with Gasteiger partial charge in [0.05, 0.1) is 0 Å². The smallest absolute Gasteiger partial charge is 0.0487 e. The second-order valence-electron chi connectivity index (χ2n) is 6.87. The normalized spacial score (nSPS) is 14.1. The zero-order chi connectivity index (χ0) is 17.4. The van der Waals surface area contributed by atoms with E-state index in [1.807, 2.05) is 30.3 Å². The monoisotopic (exact) mass is 325 g/mol. The van der Waals surface area contributed by atoms with Crippen molar-refractivity contribution in [3.63, 3.8) is 0 Å². The highest BCUT2D eigenvalue weighted by atomic mass is 15.4. The molecule has 0 saturated heterocycles. The van der Waals surface area contributed by atoms with Crippen molar-refractivity contribution in [1.29, 1.82) is 0 Å². The number of para-hydroxylation sites is 1. The van der Waals surface area contributed by atoms with Gasteiger partial charge in [0.15, 0.2) is 0 Å². The fourth-order valence-corrected chi connectivity index (χ4v) is 2.71. The molecule has 1 aliphatic heterocycles. The minimum Gasteiger partial charge on any atom is -0.321 e. The third-order valence-electron chi connectivity index (χ3n) is 4.17. The lowest BCUT2D eigenvalue weighted by atomic mass is 9.99. The van der Waals surface area contributed by atoms with Crippen LogP contribution < -0.4 is 10.9 Å². The van der Waals surface area contributed by atoms with Crippen LogP contribution in [-0.2, 0) is 13.0 Å². The van der Waals surface area contributed by atoms with Gasteiger partial charge in [0, 0.05) is 30.9 Å². The first kappa shape index (κ1) is 18.5. The van der Waals surface area contributed by atoms with Gasteiger partial charge in [0.2, 0.25) is 0 Å². The summed E-state index contributed by atoms with van der Waals surface area (Å²) in [6.07, 6.45) is 1.22. The Bertz CT molecular complexity index is 593. The molecule has 0 amide bonds. The molecule has 1 aliphatic rings. The molecule has 1 heterocycles. The number of rotatable bonds is 4. The molecule has 0 aliphatic carbocycles. The molecule has 0 bridgehead atoms. The lowest BCUT2D eigenvalue weighted by Crippen LogP contribution is -2.35. The summed E-state index contributed by atoms with van der Waals surface area (Å²) in [5.74, 6) is 0. The van der Waals surface area contributed by atoms with Crippen molar-refractivity contribution in [3.8, 4) is 0 Å². The zero-order valence-corrected chi connectivity index (χ0v) is 15.4. The number of fused-ring (bicyclic) bond motifs is 1. The predicted molar refractivity (Wildman–Crippen MR) is 104 cm³/mol. The molecule has 0 unspecified atom stereocenters. The second-order valence-corrected chi connectivity index (χ2v) is 6.87. The summed E-state index contributed by atoms with van der Waals surface area (Å²) < 4.78 is 0. The van der Waals surface area contributed by atoms with Gasteiger partial charge < -0.3 is 5.43 Å². The molecular weight excluding hydrogens is 294 g/mol. The fraction of sp³-hybridized carbons (Fsp3) is 0.429. The summed E-state index contributed by atoms with van der Waals surface area (Å²) in [6, 6.07) is 20.0. The number of nitrogens with zero attached hydrogens (tertiary/aromatic N) is 1. The van der Waals surface area contributed by atoms with Crippen LogP contribution in [0.1, 0.15) is 38.8 Å². The van der Waals surface area contributed by atoms with E-state index in [1.54, 1.807) is 5.56 Å². The molecule has 24 heavy (non-hydrogen) atoms. The average molecular weight is 326 g/mol. The van der Waals surface area contributed by atoms with Crippen LogP contribution in [0.15, 0.2) is 54.6 Å². The Morgan fingerprint density at radius 1 is 0.833 bits per heavy atom. The summed E-state index contributed by atoms with van der Waals surface area (Å²) in [5.41, 5.74) is 10.4. The quantitative estimate of drug-likeness (QED) is 0.813. The Kier molecular flexibility index (Phi) is 7.29. The van der Waals surface area contributed by atoms with E-state index in [2.05, 4.69) is 67.7 Å². The molecule has 0 saturated carbocycles. The lowest BCUT2D eigenvalue weighted by Gasteiger charge is -2.31. The summed E-state index contributed by atoms with van der Waals surface area (Å²) in [4.78, 5) is 2.53. The number of hydrazine groups is 1.